The Labute approximate surface area is 164 Å². The van der Waals surface area contributed by atoms with Crippen molar-refractivity contribution >= 4 is 16.9 Å². The maximum Gasteiger partial charge on any atom is 0.191 e. The number of aliphatic imine (C=N–C) groups is 1. The maximum absolute atomic E-state index is 13.5. The Bertz CT molecular complexity index is 1020. The minimum absolute atomic E-state index is 0.179. The summed E-state index contributed by atoms with van der Waals surface area (Å²) in [6.07, 6.45) is 0.856. The normalized spacial score (nSPS) is 13.2. The van der Waals surface area contributed by atoms with E-state index < -0.39 is 0 Å². The highest BCUT2D eigenvalue weighted by Crippen LogP contribution is 2.25. The van der Waals surface area contributed by atoms with Crippen LogP contribution in [0, 0.1) is 26.6 Å². The molecule has 1 atom stereocenters. The van der Waals surface area contributed by atoms with E-state index in [1.807, 2.05) is 25.6 Å². The third-order valence-electron chi connectivity index (χ3n) is 5.19. The molecule has 3 aromatic rings. The van der Waals surface area contributed by atoms with Gasteiger partial charge in [-0.15, -0.1) is 0 Å². The minimum Gasteiger partial charge on any atom is -0.459 e. The molecule has 150 valence electrons. The lowest BCUT2D eigenvalue weighted by atomic mass is 10.1. The Morgan fingerprint density at radius 3 is 2.71 bits per heavy atom. The van der Waals surface area contributed by atoms with Crippen LogP contribution in [0.1, 0.15) is 35.2 Å². The first kappa shape index (κ1) is 19.9. The number of nitrogens with one attached hydrogen (secondary N) is 2. The molecule has 0 aliphatic rings. The topological polar surface area (TPSA) is 67.4 Å². The molecule has 0 aliphatic heterocycles. The van der Waals surface area contributed by atoms with Crippen molar-refractivity contribution in [2.45, 2.75) is 46.7 Å². The molecule has 2 heterocycles. The van der Waals surface area contributed by atoms with Gasteiger partial charge in [0.15, 0.2) is 5.96 Å². The number of furan rings is 1. The number of halogens is 1. The van der Waals surface area contributed by atoms with Crippen molar-refractivity contribution in [3.63, 3.8) is 0 Å². The number of fused-ring (bicyclic) bond motifs is 1. The molecule has 3 rings (SSSR count). The van der Waals surface area contributed by atoms with Crippen LogP contribution in [0.15, 0.2) is 27.6 Å². The van der Waals surface area contributed by atoms with Gasteiger partial charge >= 0.3 is 0 Å². The number of rotatable bonds is 5. The van der Waals surface area contributed by atoms with Crippen LogP contribution in [-0.2, 0) is 20.0 Å². The quantitative estimate of drug-likeness (QED) is 0.521. The van der Waals surface area contributed by atoms with E-state index in [0.29, 0.717) is 18.1 Å². The van der Waals surface area contributed by atoms with Crippen molar-refractivity contribution in [2.75, 3.05) is 7.05 Å². The highest BCUT2D eigenvalue weighted by molar-refractivity contribution is 5.83. The van der Waals surface area contributed by atoms with E-state index in [0.717, 1.165) is 28.8 Å². The van der Waals surface area contributed by atoms with Crippen molar-refractivity contribution in [3.05, 3.63) is 52.3 Å². The summed E-state index contributed by atoms with van der Waals surface area (Å²) in [7, 11) is 3.70. The van der Waals surface area contributed by atoms with E-state index >= 15 is 0 Å². The Balaban J connectivity index is 1.64. The fourth-order valence-corrected chi connectivity index (χ4v) is 3.47. The van der Waals surface area contributed by atoms with Gasteiger partial charge in [0.05, 0.1) is 12.2 Å². The molecule has 6 nitrogen and oxygen atoms in total. The van der Waals surface area contributed by atoms with Crippen molar-refractivity contribution in [1.29, 1.82) is 0 Å². The van der Waals surface area contributed by atoms with E-state index in [4.69, 9.17) is 4.42 Å². The molecular formula is C21H28FN5O. The standard InChI is InChI=1S/C21H28FN5O/c1-12(9-18-14(3)26-27(6)15(18)4)25-21(23-5)24-11-20-13(2)17-10-16(22)7-8-19(17)28-20/h7-8,10,12H,9,11H2,1-6H3,(H2,23,24,25). The minimum atomic E-state index is -0.261. The summed E-state index contributed by atoms with van der Waals surface area (Å²) in [5, 5.41) is 12.0. The van der Waals surface area contributed by atoms with Crippen LogP contribution in [0.3, 0.4) is 0 Å². The molecule has 0 saturated carbocycles. The summed E-state index contributed by atoms with van der Waals surface area (Å²) in [6, 6.07) is 4.76. The van der Waals surface area contributed by atoms with Gasteiger partial charge in [-0.2, -0.15) is 5.10 Å². The van der Waals surface area contributed by atoms with Crippen LogP contribution < -0.4 is 10.6 Å². The molecule has 1 aromatic carbocycles. The van der Waals surface area contributed by atoms with Crippen molar-refractivity contribution in [2.24, 2.45) is 12.0 Å². The molecule has 7 heteroatoms. The molecular weight excluding hydrogens is 357 g/mol. The van der Waals surface area contributed by atoms with Gasteiger partial charge in [0, 0.05) is 36.8 Å². The smallest absolute Gasteiger partial charge is 0.191 e. The SMILES string of the molecule is CN=C(NCc1oc2ccc(F)cc2c1C)NC(C)Cc1c(C)nn(C)c1C. The van der Waals surface area contributed by atoms with Crippen LogP contribution in [0.2, 0.25) is 0 Å². The number of benzene rings is 1. The molecule has 0 saturated heterocycles. The molecule has 0 spiro atoms. The lowest BCUT2D eigenvalue weighted by Crippen LogP contribution is -2.42. The van der Waals surface area contributed by atoms with Crippen LogP contribution in [0.25, 0.3) is 11.0 Å². The number of aromatic nitrogens is 2. The van der Waals surface area contributed by atoms with Gasteiger partial charge in [0.1, 0.15) is 17.2 Å². The number of nitrogens with zero attached hydrogens (tertiary/aromatic N) is 3. The molecule has 0 fully saturated rings. The summed E-state index contributed by atoms with van der Waals surface area (Å²) in [5.41, 5.74) is 5.12. The molecule has 0 bridgehead atoms. The zero-order valence-corrected chi connectivity index (χ0v) is 17.4. The fourth-order valence-electron chi connectivity index (χ4n) is 3.47. The summed E-state index contributed by atoms with van der Waals surface area (Å²) in [5.74, 6) is 1.20. The highest BCUT2D eigenvalue weighted by atomic mass is 19.1. The largest absolute Gasteiger partial charge is 0.459 e. The Morgan fingerprint density at radius 2 is 2.07 bits per heavy atom. The zero-order valence-electron chi connectivity index (χ0n) is 17.4. The predicted octanol–water partition coefficient (Wildman–Crippen LogP) is 3.53. The second-order valence-corrected chi connectivity index (χ2v) is 7.24. The molecule has 0 aliphatic carbocycles. The third-order valence-corrected chi connectivity index (χ3v) is 5.19. The van der Waals surface area contributed by atoms with Gasteiger partial charge in [-0.3, -0.25) is 9.67 Å². The average Bonchev–Trinajstić information content (AvgIpc) is 3.09. The Kier molecular flexibility index (Phi) is 5.72. The van der Waals surface area contributed by atoms with Gasteiger partial charge in [-0.1, -0.05) is 0 Å². The van der Waals surface area contributed by atoms with Crippen LogP contribution in [0.5, 0.6) is 0 Å². The molecule has 0 radical (unpaired) electrons. The Morgan fingerprint density at radius 1 is 1.32 bits per heavy atom. The number of guanidine groups is 1. The summed E-state index contributed by atoms with van der Waals surface area (Å²) in [6.45, 7) is 8.65. The summed E-state index contributed by atoms with van der Waals surface area (Å²) < 4.78 is 21.3. The first-order valence-electron chi connectivity index (χ1n) is 9.44. The maximum atomic E-state index is 13.5. The van der Waals surface area contributed by atoms with Crippen molar-refractivity contribution in [3.8, 4) is 0 Å². The molecule has 2 aromatic heterocycles. The predicted molar refractivity (Wildman–Crippen MR) is 110 cm³/mol. The van der Waals surface area contributed by atoms with E-state index in [-0.39, 0.29) is 11.9 Å². The van der Waals surface area contributed by atoms with Gasteiger partial charge in [-0.05, 0) is 57.9 Å². The third kappa shape index (κ3) is 4.03. The lowest BCUT2D eigenvalue weighted by molar-refractivity contribution is 0.531. The fraction of sp³-hybridized carbons (Fsp3) is 0.429. The average molecular weight is 385 g/mol. The lowest BCUT2D eigenvalue weighted by Gasteiger charge is -2.18. The first-order chi connectivity index (χ1) is 13.3. The number of hydrogen-bond acceptors (Lipinski definition) is 3. The molecule has 2 N–H and O–H groups in total. The van der Waals surface area contributed by atoms with Crippen molar-refractivity contribution in [1.82, 2.24) is 20.4 Å². The summed E-state index contributed by atoms with van der Waals surface area (Å²) >= 11 is 0. The van der Waals surface area contributed by atoms with Crippen LogP contribution in [0.4, 0.5) is 4.39 Å². The van der Waals surface area contributed by atoms with E-state index in [1.54, 1.807) is 13.1 Å². The van der Waals surface area contributed by atoms with Gasteiger partial charge < -0.3 is 15.1 Å². The van der Waals surface area contributed by atoms with Gasteiger partial charge in [0.25, 0.3) is 0 Å². The van der Waals surface area contributed by atoms with E-state index in [1.165, 1.54) is 23.4 Å². The second kappa shape index (κ2) is 8.04. The van der Waals surface area contributed by atoms with E-state index in [2.05, 4.69) is 34.6 Å². The van der Waals surface area contributed by atoms with Crippen LogP contribution >= 0.6 is 0 Å². The zero-order chi connectivity index (χ0) is 20.4. The number of hydrogen-bond donors (Lipinski definition) is 2. The van der Waals surface area contributed by atoms with Gasteiger partial charge in [-0.25, -0.2) is 4.39 Å². The molecule has 1 unspecified atom stereocenters. The monoisotopic (exact) mass is 385 g/mol. The number of aryl methyl sites for hydroxylation is 3. The Hall–Kier alpha value is -2.83. The summed E-state index contributed by atoms with van der Waals surface area (Å²) in [4.78, 5) is 4.30. The van der Waals surface area contributed by atoms with E-state index in [9.17, 15) is 4.39 Å². The molecule has 28 heavy (non-hydrogen) atoms. The molecule has 0 amide bonds. The van der Waals surface area contributed by atoms with Crippen molar-refractivity contribution < 1.29 is 8.81 Å². The van der Waals surface area contributed by atoms with Crippen LogP contribution in [-0.4, -0.2) is 28.8 Å². The first-order valence-corrected chi connectivity index (χ1v) is 9.44. The second-order valence-electron chi connectivity index (χ2n) is 7.24. The highest BCUT2D eigenvalue weighted by Gasteiger charge is 2.15. The van der Waals surface area contributed by atoms with Gasteiger partial charge in [0.2, 0.25) is 0 Å².